The van der Waals surface area contributed by atoms with Gasteiger partial charge in [-0.1, -0.05) is 0 Å². The van der Waals surface area contributed by atoms with Crippen LogP contribution in [0.4, 0.5) is 0 Å². The lowest BCUT2D eigenvalue weighted by Crippen LogP contribution is -1.93. The van der Waals surface area contributed by atoms with E-state index in [0.29, 0.717) is 11.3 Å². The second-order valence-corrected chi connectivity index (χ2v) is 2.94. The molecule has 0 aromatic carbocycles. The number of rotatable bonds is 2. The molecule has 0 spiro atoms. The molecule has 1 heterocycles. The third-order valence-electron chi connectivity index (χ3n) is 1.22. The summed E-state index contributed by atoms with van der Waals surface area (Å²) in [6.07, 6.45) is 3.85. The predicted octanol–water partition coefficient (Wildman–Crippen LogP) is 1.51. The smallest absolute Gasteiger partial charge is 0.152 e. The Morgan fingerprint density at radius 3 is 2.91 bits per heavy atom. The summed E-state index contributed by atoms with van der Waals surface area (Å²) >= 11 is 2.04. The van der Waals surface area contributed by atoms with Crippen molar-refractivity contribution in [3.63, 3.8) is 0 Å². The number of hydrogen-bond donors (Lipinski definition) is 0. The molecule has 0 fully saturated rings. The number of nitrogens with zero attached hydrogens (tertiary/aromatic N) is 1. The summed E-state index contributed by atoms with van der Waals surface area (Å²) in [7, 11) is 1.55. The first kappa shape index (κ1) is 8.45. The molecule has 0 saturated carbocycles. The van der Waals surface area contributed by atoms with Crippen LogP contribution in [0.2, 0.25) is 0 Å². The van der Waals surface area contributed by atoms with E-state index in [1.807, 2.05) is 22.6 Å². The summed E-state index contributed by atoms with van der Waals surface area (Å²) < 4.78 is 5.76. The minimum Gasteiger partial charge on any atom is -0.494 e. The van der Waals surface area contributed by atoms with Crippen molar-refractivity contribution >= 4 is 28.9 Å². The van der Waals surface area contributed by atoms with Gasteiger partial charge >= 0.3 is 0 Å². The van der Waals surface area contributed by atoms with E-state index >= 15 is 0 Å². The monoisotopic (exact) mass is 263 g/mol. The Bertz CT molecular complexity index is 275. The van der Waals surface area contributed by atoms with Crippen LogP contribution in [0.3, 0.4) is 0 Å². The van der Waals surface area contributed by atoms with E-state index in [2.05, 4.69) is 4.98 Å². The van der Waals surface area contributed by atoms with E-state index in [1.54, 1.807) is 13.3 Å². The third kappa shape index (κ3) is 1.68. The Labute approximate surface area is 77.9 Å². The summed E-state index contributed by atoms with van der Waals surface area (Å²) in [4.78, 5) is 14.2. The van der Waals surface area contributed by atoms with E-state index < -0.39 is 0 Å². The van der Waals surface area contributed by atoms with Crippen molar-refractivity contribution in [2.24, 2.45) is 0 Å². The maximum atomic E-state index is 10.4. The lowest BCUT2D eigenvalue weighted by atomic mass is 10.3. The highest BCUT2D eigenvalue weighted by Crippen LogP contribution is 2.20. The first-order valence-corrected chi connectivity index (χ1v) is 4.00. The van der Waals surface area contributed by atoms with Crippen molar-refractivity contribution in [2.45, 2.75) is 0 Å². The molecule has 0 radical (unpaired) electrons. The molecule has 1 rings (SSSR count). The maximum absolute atomic E-state index is 10.4. The summed E-state index contributed by atoms with van der Waals surface area (Å²) in [5.74, 6) is 0.634. The molecule has 0 aliphatic heterocycles. The van der Waals surface area contributed by atoms with Crippen molar-refractivity contribution < 1.29 is 9.53 Å². The third-order valence-corrected chi connectivity index (χ3v) is 2.38. The zero-order valence-corrected chi connectivity index (χ0v) is 8.03. The molecular weight excluding hydrogens is 257 g/mol. The molecule has 58 valence electrons. The number of carbonyl (C=O) groups is 1. The van der Waals surface area contributed by atoms with Gasteiger partial charge in [-0.05, 0) is 22.6 Å². The van der Waals surface area contributed by atoms with Crippen LogP contribution in [0, 0.1) is 3.57 Å². The first-order valence-electron chi connectivity index (χ1n) is 2.92. The molecule has 0 atom stereocenters. The average molecular weight is 263 g/mol. The largest absolute Gasteiger partial charge is 0.494 e. The number of hydrogen-bond acceptors (Lipinski definition) is 3. The van der Waals surface area contributed by atoms with Crippen LogP contribution in [0.15, 0.2) is 12.4 Å². The normalized spacial score (nSPS) is 9.27. The minimum absolute atomic E-state index is 0.560. The van der Waals surface area contributed by atoms with Gasteiger partial charge in [-0.2, -0.15) is 0 Å². The van der Waals surface area contributed by atoms with Crippen molar-refractivity contribution in [1.82, 2.24) is 4.98 Å². The van der Waals surface area contributed by atoms with E-state index in [-0.39, 0.29) is 0 Å². The lowest BCUT2D eigenvalue weighted by molar-refractivity contribution is 0.112. The van der Waals surface area contributed by atoms with E-state index in [9.17, 15) is 4.79 Å². The molecule has 11 heavy (non-hydrogen) atoms. The molecule has 0 aliphatic rings. The summed E-state index contributed by atoms with van der Waals surface area (Å²) in [6, 6.07) is 0. The number of ether oxygens (including phenoxy) is 1. The van der Waals surface area contributed by atoms with E-state index in [1.165, 1.54) is 6.20 Å². The maximum Gasteiger partial charge on any atom is 0.152 e. The zero-order valence-electron chi connectivity index (χ0n) is 5.87. The SMILES string of the molecule is COc1cncc(C=O)c1I. The number of aromatic nitrogens is 1. The molecule has 1 aromatic heterocycles. The van der Waals surface area contributed by atoms with Gasteiger partial charge in [0.2, 0.25) is 0 Å². The first-order chi connectivity index (χ1) is 5.29. The molecule has 0 N–H and O–H groups in total. The van der Waals surface area contributed by atoms with Crippen LogP contribution in [0.1, 0.15) is 10.4 Å². The highest BCUT2D eigenvalue weighted by atomic mass is 127. The van der Waals surface area contributed by atoms with Crippen molar-refractivity contribution in [1.29, 1.82) is 0 Å². The van der Waals surface area contributed by atoms with Gasteiger partial charge in [0.25, 0.3) is 0 Å². The van der Waals surface area contributed by atoms with Gasteiger partial charge in [0.15, 0.2) is 12.0 Å². The van der Waals surface area contributed by atoms with Crippen LogP contribution < -0.4 is 4.74 Å². The van der Waals surface area contributed by atoms with Crippen molar-refractivity contribution in [3.05, 3.63) is 21.5 Å². The highest BCUT2D eigenvalue weighted by molar-refractivity contribution is 14.1. The van der Waals surface area contributed by atoms with E-state index in [4.69, 9.17) is 4.74 Å². The van der Waals surface area contributed by atoms with Crippen molar-refractivity contribution in [2.75, 3.05) is 7.11 Å². The topological polar surface area (TPSA) is 39.2 Å². The lowest BCUT2D eigenvalue weighted by Gasteiger charge is -2.02. The van der Waals surface area contributed by atoms with Gasteiger partial charge in [0, 0.05) is 11.8 Å². The Morgan fingerprint density at radius 2 is 2.36 bits per heavy atom. The summed E-state index contributed by atoms with van der Waals surface area (Å²) in [6.45, 7) is 0. The Balaban J connectivity index is 3.20. The predicted molar refractivity (Wildman–Crippen MR) is 48.9 cm³/mol. The van der Waals surface area contributed by atoms with Crippen LogP contribution in [-0.4, -0.2) is 18.4 Å². The molecule has 0 aliphatic carbocycles. The van der Waals surface area contributed by atoms with Gasteiger partial charge < -0.3 is 4.74 Å². The molecule has 0 saturated heterocycles. The van der Waals surface area contributed by atoms with Crippen LogP contribution >= 0.6 is 22.6 Å². The fourth-order valence-corrected chi connectivity index (χ4v) is 1.29. The highest BCUT2D eigenvalue weighted by Gasteiger charge is 2.04. The Hall–Kier alpha value is -0.650. The number of pyridine rings is 1. The van der Waals surface area contributed by atoms with Crippen LogP contribution in [0.5, 0.6) is 5.75 Å². The van der Waals surface area contributed by atoms with Crippen LogP contribution in [-0.2, 0) is 0 Å². The summed E-state index contributed by atoms with van der Waals surface area (Å²) in [5, 5.41) is 0. The van der Waals surface area contributed by atoms with E-state index in [0.717, 1.165) is 9.86 Å². The van der Waals surface area contributed by atoms with Gasteiger partial charge in [0.1, 0.15) is 0 Å². The Kier molecular flexibility index (Phi) is 2.81. The molecule has 1 aromatic rings. The average Bonchev–Trinajstić information content (AvgIpc) is 2.05. The zero-order chi connectivity index (χ0) is 8.27. The van der Waals surface area contributed by atoms with Gasteiger partial charge in [-0.25, -0.2) is 0 Å². The second-order valence-electron chi connectivity index (χ2n) is 1.86. The molecule has 3 nitrogen and oxygen atoms in total. The number of carbonyl (C=O) groups excluding carboxylic acids is 1. The molecule has 0 amide bonds. The molecular formula is C7H6INO2. The fraction of sp³-hybridized carbons (Fsp3) is 0.143. The standard InChI is InChI=1S/C7H6INO2/c1-11-6-3-9-2-5(4-10)7(6)8/h2-4H,1H3. The van der Waals surface area contributed by atoms with Crippen LogP contribution in [0.25, 0.3) is 0 Å². The minimum atomic E-state index is 0.560. The molecule has 4 heteroatoms. The Morgan fingerprint density at radius 1 is 1.64 bits per heavy atom. The van der Waals surface area contributed by atoms with Gasteiger partial charge in [-0.3, -0.25) is 9.78 Å². The van der Waals surface area contributed by atoms with Gasteiger partial charge in [0.05, 0.1) is 16.9 Å². The second kappa shape index (κ2) is 3.66. The van der Waals surface area contributed by atoms with Gasteiger partial charge in [-0.15, -0.1) is 0 Å². The molecule has 0 unspecified atom stereocenters. The molecule has 0 bridgehead atoms. The number of methoxy groups -OCH3 is 1. The van der Waals surface area contributed by atoms with Crippen molar-refractivity contribution in [3.8, 4) is 5.75 Å². The summed E-state index contributed by atoms with van der Waals surface area (Å²) in [5.41, 5.74) is 0.560. The number of aldehydes is 1. The fourth-order valence-electron chi connectivity index (χ4n) is 0.665. The number of halogens is 1. The quantitative estimate of drug-likeness (QED) is 0.599.